The summed E-state index contributed by atoms with van der Waals surface area (Å²) in [5.74, 6) is 0.0478. The van der Waals surface area contributed by atoms with Crippen LogP contribution < -0.4 is 0 Å². The van der Waals surface area contributed by atoms with Gasteiger partial charge in [-0.1, -0.05) is 30.3 Å². The lowest BCUT2D eigenvalue weighted by Crippen LogP contribution is -2.39. The predicted molar refractivity (Wildman–Crippen MR) is 58.2 cm³/mol. The van der Waals surface area contributed by atoms with Gasteiger partial charge in [0.1, 0.15) is 5.60 Å². The molecule has 4 heteroatoms. The molecule has 0 amide bonds. The first-order chi connectivity index (χ1) is 7.02. The highest BCUT2D eigenvalue weighted by atomic mass is 32.2. The lowest BCUT2D eigenvalue weighted by atomic mass is 9.91. The van der Waals surface area contributed by atoms with Crippen molar-refractivity contribution in [1.82, 2.24) is 0 Å². The van der Waals surface area contributed by atoms with Gasteiger partial charge in [0.15, 0.2) is 9.84 Å². The number of hydrogen-bond donors (Lipinski definition) is 1. The molecule has 1 saturated heterocycles. The van der Waals surface area contributed by atoms with Crippen molar-refractivity contribution in [3.8, 4) is 0 Å². The lowest BCUT2D eigenvalue weighted by Gasteiger charge is -2.32. The Morgan fingerprint density at radius 3 is 2.47 bits per heavy atom. The van der Waals surface area contributed by atoms with Crippen LogP contribution in [0.25, 0.3) is 0 Å². The zero-order chi connectivity index (χ0) is 10.9. The van der Waals surface area contributed by atoms with Crippen LogP contribution in [0.15, 0.2) is 30.3 Å². The van der Waals surface area contributed by atoms with Gasteiger partial charge in [-0.15, -0.1) is 0 Å². The minimum absolute atomic E-state index is 0.149. The fourth-order valence-corrected chi connectivity index (χ4v) is 3.84. The summed E-state index contributed by atoms with van der Waals surface area (Å²) in [5.41, 5.74) is -0.480. The molecule has 0 radical (unpaired) electrons. The van der Waals surface area contributed by atoms with Crippen LogP contribution in [0.4, 0.5) is 0 Å². The van der Waals surface area contributed by atoms with Gasteiger partial charge in [-0.05, 0) is 18.4 Å². The van der Waals surface area contributed by atoms with Crippen LogP contribution in [0.1, 0.15) is 18.4 Å². The van der Waals surface area contributed by atoms with E-state index in [1.165, 1.54) is 0 Å². The van der Waals surface area contributed by atoms with E-state index in [1.54, 1.807) is 12.1 Å². The van der Waals surface area contributed by atoms with E-state index in [0.717, 1.165) is 0 Å². The Kier molecular flexibility index (Phi) is 2.56. The van der Waals surface area contributed by atoms with Gasteiger partial charge in [-0.2, -0.15) is 0 Å². The molecule has 1 atom stereocenters. The SMILES string of the molecule is O=S1(=O)CCC[C@](O)(c2ccccc2)C1. The summed E-state index contributed by atoms with van der Waals surface area (Å²) in [7, 11) is -3.09. The van der Waals surface area contributed by atoms with E-state index >= 15 is 0 Å². The van der Waals surface area contributed by atoms with Gasteiger partial charge < -0.3 is 5.11 Å². The summed E-state index contributed by atoms with van der Waals surface area (Å²) in [6, 6.07) is 9.04. The fourth-order valence-electron chi connectivity index (χ4n) is 2.07. The van der Waals surface area contributed by atoms with E-state index < -0.39 is 15.4 Å². The van der Waals surface area contributed by atoms with Crippen molar-refractivity contribution < 1.29 is 13.5 Å². The third kappa shape index (κ3) is 2.21. The van der Waals surface area contributed by atoms with Crippen LogP contribution in [-0.4, -0.2) is 25.0 Å². The molecule has 0 unspecified atom stereocenters. The van der Waals surface area contributed by atoms with Crippen LogP contribution >= 0.6 is 0 Å². The van der Waals surface area contributed by atoms with Crippen molar-refractivity contribution in [2.75, 3.05) is 11.5 Å². The highest BCUT2D eigenvalue weighted by Crippen LogP contribution is 2.32. The molecule has 3 nitrogen and oxygen atoms in total. The summed E-state index contributed by atoms with van der Waals surface area (Å²) in [6.45, 7) is 0. The molecule has 1 heterocycles. The summed E-state index contributed by atoms with van der Waals surface area (Å²) in [5, 5.41) is 10.3. The van der Waals surface area contributed by atoms with Crippen LogP contribution in [0, 0.1) is 0 Å². The van der Waals surface area contributed by atoms with Gasteiger partial charge in [-0.25, -0.2) is 8.42 Å². The molecule has 1 aliphatic rings. The van der Waals surface area contributed by atoms with E-state index in [-0.39, 0.29) is 11.5 Å². The second kappa shape index (κ2) is 3.61. The Hall–Kier alpha value is -0.870. The van der Waals surface area contributed by atoms with Crippen LogP contribution in [0.2, 0.25) is 0 Å². The van der Waals surface area contributed by atoms with Crippen LogP contribution in [-0.2, 0) is 15.4 Å². The molecule has 0 spiro atoms. The highest BCUT2D eigenvalue weighted by Gasteiger charge is 2.38. The van der Waals surface area contributed by atoms with Crippen molar-refractivity contribution >= 4 is 9.84 Å². The van der Waals surface area contributed by atoms with E-state index in [4.69, 9.17) is 0 Å². The average Bonchev–Trinajstić information content (AvgIpc) is 2.17. The molecule has 0 bridgehead atoms. The minimum Gasteiger partial charge on any atom is -0.384 e. The Bertz CT molecular complexity index is 438. The molecule has 0 saturated carbocycles. The maximum Gasteiger partial charge on any atom is 0.153 e. The molecular formula is C11H14O3S. The standard InChI is InChI=1S/C11H14O3S/c12-11(10-5-2-1-3-6-10)7-4-8-15(13,14)9-11/h1-3,5-6,12H,4,7-9H2/t11-/m1/s1. The van der Waals surface area contributed by atoms with Gasteiger partial charge in [0.05, 0.1) is 11.5 Å². The van der Waals surface area contributed by atoms with Crippen molar-refractivity contribution in [2.45, 2.75) is 18.4 Å². The third-order valence-corrected chi connectivity index (χ3v) is 4.64. The van der Waals surface area contributed by atoms with Crippen molar-refractivity contribution in [2.24, 2.45) is 0 Å². The second-order valence-corrected chi connectivity index (χ2v) is 6.28. The molecule has 1 N–H and O–H groups in total. The summed E-state index contributed by atoms with van der Waals surface area (Å²) in [6.07, 6.45) is 1.06. The first-order valence-corrected chi connectivity index (χ1v) is 6.82. The van der Waals surface area contributed by atoms with Crippen molar-refractivity contribution in [3.05, 3.63) is 35.9 Å². The minimum atomic E-state index is -3.09. The number of hydrogen-bond acceptors (Lipinski definition) is 3. The molecule has 1 fully saturated rings. The Morgan fingerprint density at radius 1 is 1.20 bits per heavy atom. The molecule has 1 aromatic rings. The smallest absolute Gasteiger partial charge is 0.153 e. The zero-order valence-electron chi connectivity index (χ0n) is 8.39. The molecule has 0 aromatic heterocycles. The second-order valence-electron chi connectivity index (χ2n) is 4.09. The van der Waals surface area contributed by atoms with E-state index in [9.17, 15) is 13.5 Å². The molecular weight excluding hydrogens is 212 g/mol. The van der Waals surface area contributed by atoms with E-state index in [0.29, 0.717) is 18.4 Å². The predicted octanol–water partition coefficient (Wildman–Crippen LogP) is 1.08. The normalized spacial score (nSPS) is 29.9. The summed E-state index contributed by atoms with van der Waals surface area (Å²) >= 11 is 0. The van der Waals surface area contributed by atoms with Crippen LogP contribution in [0.3, 0.4) is 0 Å². The maximum atomic E-state index is 11.5. The van der Waals surface area contributed by atoms with Crippen molar-refractivity contribution in [3.63, 3.8) is 0 Å². The summed E-state index contributed by atoms with van der Waals surface area (Å²) in [4.78, 5) is 0. The van der Waals surface area contributed by atoms with Gasteiger partial charge >= 0.3 is 0 Å². The largest absolute Gasteiger partial charge is 0.384 e. The van der Waals surface area contributed by atoms with Crippen LogP contribution in [0.5, 0.6) is 0 Å². The zero-order valence-corrected chi connectivity index (χ0v) is 9.20. The molecule has 2 rings (SSSR count). The molecule has 15 heavy (non-hydrogen) atoms. The summed E-state index contributed by atoms with van der Waals surface area (Å²) < 4.78 is 23.0. The fraction of sp³-hybridized carbons (Fsp3) is 0.455. The van der Waals surface area contributed by atoms with Gasteiger partial charge in [0, 0.05) is 0 Å². The number of aliphatic hydroxyl groups is 1. The Labute approximate surface area is 89.7 Å². The van der Waals surface area contributed by atoms with Crippen molar-refractivity contribution in [1.29, 1.82) is 0 Å². The first kappa shape index (κ1) is 10.6. The van der Waals surface area contributed by atoms with E-state index in [1.807, 2.05) is 18.2 Å². The number of rotatable bonds is 1. The first-order valence-electron chi connectivity index (χ1n) is 5.00. The topological polar surface area (TPSA) is 54.4 Å². The number of sulfone groups is 1. The lowest BCUT2D eigenvalue weighted by molar-refractivity contribution is 0.0467. The quantitative estimate of drug-likeness (QED) is 0.779. The maximum absolute atomic E-state index is 11.5. The average molecular weight is 226 g/mol. The third-order valence-electron chi connectivity index (χ3n) is 2.82. The molecule has 1 aromatic carbocycles. The number of benzene rings is 1. The highest BCUT2D eigenvalue weighted by molar-refractivity contribution is 7.91. The molecule has 82 valence electrons. The molecule has 1 aliphatic heterocycles. The van der Waals surface area contributed by atoms with Gasteiger partial charge in [0.25, 0.3) is 0 Å². The van der Waals surface area contributed by atoms with Gasteiger partial charge in [0.2, 0.25) is 0 Å². The Balaban J connectivity index is 2.35. The molecule has 0 aliphatic carbocycles. The monoisotopic (exact) mass is 226 g/mol. The van der Waals surface area contributed by atoms with Gasteiger partial charge in [-0.3, -0.25) is 0 Å². The van der Waals surface area contributed by atoms with E-state index in [2.05, 4.69) is 0 Å². The Morgan fingerprint density at radius 2 is 1.87 bits per heavy atom.